The molecule has 0 spiro atoms. The summed E-state index contributed by atoms with van der Waals surface area (Å²) in [7, 11) is 0. The fraction of sp³-hybridized carbons (Fsp3) is 0.579. The van der Waals surface area contributed by atoms with Gasteiger partial charge in [-0.05, 0) is 34.1 Å². The van der Waals surface area contributed by atoms with E-state index in [1.807, 2.05) is 22.7 Å². The lowest BCUT2D eigenvalue weighted by atomic mass is 9.81. The fourth-order valence-corrected chi connectivity index (χ4v) is 5.84. The zero-order valence-corrected chi connectivity index (χ0v) is 16.1. The maximum absolute atomic E-state index is 2.46. The van der Waals surface area contributed by atoms with Gasteiger partial charge >= 0.3 is 0 Å². The summed E-state index contributed by atoms with van der Waals surface area (Å²) >= 11 is 4.02. The third kappa shape index (κ3) is 2.22. The topological polar surface area (TPSA) is 0 Å². The molecule has 0 atom stereocenters. The second kappa shape index (κ2) is 4.23. The first-order chi connectivity index (χ1) is 9.42. The minimum Gasteiger partial charge on any atom is -0.139 e. The van der Waals surface area contributed by atoms with Crippen molar-refractivity contribution in [3.05, 3.63) is 33.0 Å². The standard InChI is InChI=1S/C19H26S2/c1-17(2,3)13-9-11-15(20-13)16-12(19(11,7)8)10-14(21-16)18(4,5)6/h9-10H,1-8H3. The van der Waals surface area contributed by atoms with E-state index in [1.54, 1.807) is 11.1 Å². The lowest BCUT2D eigenvalue weighted by Gasteiger charge is -2.21. The van der Waals surface area contributed by atoms with E-state index >= 15 is 0 Å². The van der Waals surface area contributed by atoms with Crippen molar-refractivity contribution in [2.45, 2.75) is 71.6 Å². The highest BCUT2D eigenvalue weighted by molar-refractivity contribution is 7.22. The average Bonchev–Trinajstić information content (AvgIpc) is 2.94. The predicted octanol–water partition coefficient (Wildman–Crippen LogP) is 6.71. The molecule has 1 aliphatic rings. The molecule has 0 saturated heterocycles. The van der Waals surface area contributed by atoms with E-state index in [1.165, 1.54) is 19.5 Å². The number of rotatable bonds is 0. The van der Waals surface area contributed by atoms with Crippen LogP contribution in [-0.2, 0) is 16.2 Å². The summed E-state index contributed by atoms with van der Waals surface area (Å²) in [6.07, 6.45) is 0. The van der Waals surface area contributed by atoms with Crippen molar-refractivity contribution in [1.29, 1.82) is 0 Å². The summed E-state index contributed by atoms with van der Waals surface area (Å²) in [4.78, 5) is 6.08. The summed E-state index contributed by atoms with van der Waals surface area (Å²) in [5.41, 5.74) is 3.73. The minimum atomic E-state index is 0.157. The van der Waals surface area contributed by atoms with Crippen molar-refractivity contribution < 1.29 is 0 Å². The highest BCUT2D eigenvalue weighted by Crippen LogP contribution is 2.57. The molecular weight excluding hydrogens is 292 g/mol. The van der Waals surface area contributed by atoms with Crippen LogP contribution in [0, 0.1) is 0 Å². The van der Waals surface area contributed by atoms with Crippen LogP contribution in [0.2, 0.25) is 0 Å². The molecule has 0 bridgehead atoms. The fourth-order valence-electron chi connectivity index (χ4n) is 2.93. The molecule has 0 aliphatic heterocycles. The van der Waals surface area contributed by atoms with E-state index in [0.29, 0.717) is 0 Å². The molecule has 2 aromatic rings. The Morgan fingerprint density at radius 2 is 1.05 bits per heavy atom. The molecule has 0 aromatic carbocycles. The van der Waals surface area contributed by atoms with Gasteiger partial charge in [0, 0.05) is 24.9 Å². The molecule has 0 radical (unpaired) electrons. The van der Waals surface area contributed by atoms with Crippen molar-refractivity contribution in [3.8, 4) is 9.75 Å². The Balaban J connectivity index is 2.21. The van der Waals surface area contributed by atoms with Crippen LogP contribution in [-0.4, -0.2) is 0 Å². The van der Waals surface area contributed by atoms with E-state index in [2.05, 4.69) is 67.5 Å². The van der Waals surface area contributed by atoms with Gasteiger partial charge in [-0.25, -0.2) is 0 Å². The van der Waals surface area contributed by atoms with Crippen LogP contribution < -0.4 is 0 Å². The minimum absolute atomic E-state index is 0.157. The molecule has 3 rings (SSSR count). The summed E-state index contributed by atoms with van der Waals surface area (Å²) in [5, 5.41) is 0. The van der Waals surface area contributed by atoms with Gasteiger partial charge in [0.15, 0.2) is 0 Å². The third-order valence-corrected chi connectivity index (χ3v) is 7.78. The Morgan fingerprint density at radius 3 is 1.33 bits per heavy atom. The predicted molar refractivity (Wildman–Crippen MR) is 97.2 cm³/mol. The third-order valence-electron chi connectivity index (χ3n) is 4.50. The second-order valence-corrected chi connectivity index (χ2v) is 10.9. The van der Waals surface area contributed by atoms with Crippen molar-refractivity contribution in [3.63, 3.8) is 0 Å². The monoisotopic (exact) mass is 318 g/mol. The number of hydrogen-bond donors (Lipinski definition) is 0. The lowest BCUT2D eigenvalue weighted by molar-refractivity contribution is 0.595. The van der Waals surface area contributed by atoms with Gasteiger partial charge in [-0.1, -0.05) is 55.4 Å². The van der Waals surface area contributed by atoms with E-state index in [0.717, 1.165) is 0 Å². The molecule has 2 heteroatoms. The molecule has 0 saturated carbocycles. The first-order valence-electron chi connectivity index (χ1n) is 7.72. The van der Waals surface area contributed by atoms with Crippen LogP contribution in [0.3, 0.4) is 0 Å². The maximum atomic E-state index is 2.46. The van der Waals surface area contributed by atoms with Gasteiger partial charge in [-0.3, -0.25) is 0 Å². The quantitative estimate of drug-likeness (QED) is 0.506. The molecule has 0 amide bonds. The SMILES string of the molecule is CC(C)(C)c1cc2c(s1)-c1sc(C(C)(C)C)cc1C2(C)C. The summed E-state index contributed by atoms with van der Waals surface area (Å²) in [6, 6.07) is 4.92. The number of thiophene rings is 2. The average molecular weight is 319 g/mol. The highest BCUT2D eigenvalue weighted by Gasteiger charge is 2.41. The van der Waals surface area contributed by atoms with Gasteiger partial charge in [-0.15, -0.1) is 22.7 Å². The van der Waals surface area contributed by atoms with Gasteiger partial charge in [0.2, 0.25) is 0 Å². The summed E-state index contributed by atoms with van der Waals surface area (Å²) in [5.74, 6) is 0. The highest BCUT2D eigenvalue weighted by atomic mass is 32.1. The molecule has 2 heterocycles. The van der Waals surface area contributed by atoms with Crippen molar-refractivity contribution in [2.75, 3.05) is 0 Å². The Labute approximate surface area is 137 Å². The smallest absolute Gasteiger partial charge is 0.0489 e. The van der Waals surface area contributed by atoms with Gasteiger partial charge in [0.05, 0.1) is 0 Å². The number of fused-ring (bicyclic) bond motifs is 3. The first-order valence-corrected chi connectivity index (χ1v) is 9.35. The van der Waals surface area contributed by atoms with Crippen molar-refractivity contribution in [2.24, 2.45) is 0 Å². The Bertz CT molecular complexity index is 637. The second-order valence-electron chi connectivity index (χ2n) is 8.83. The van der Waals surface area contributed by atoms with Crippen molar-refractivity contribution in [1.82, 2.24) is 0 Å². The molecule has 0 unspecified atom stereocenters. The van der Waals surface area contributed by atoms with Crippen LogP contribution in [0.15, 0.2) is 12.1 Å². The van der Waals surface area contributed by atoms with Crippen LogP contribution in [0.5, 0.6) is 0 Å². The largest absolute Gasteiger partial charge is 0.139 e. The maximum Gasteiger partial charge on any atom is 0.0489 e. The van der Waals surface area contributed by atoms with Gasteiger partial charge in [-0.2, -0.15) is 0 Å². The molecule has 21 heavy (non-hydrogen) atoms. The summed E-state index contributed by atoms with van der Waals surface area (Å²) in [6.45, 7) is 18.7. The molecular formula is C19H26S2. The molecule has 0 N–H and O–H groups in total. The molecule has 114 valence electrons. The lowest BCUT2D eigenvalue weighted by Crippen LogP contribution is -2.16. The number of hydrogen-bond acceptors (Lipinski definition) is 2. The van der Waals surface area contributed by atoms with Gasteiger partial charge < -0.3 is 0 Å². The Morgan fingerprint density at radius 1 is 0.714 bits per heavy atom. The van der Waals surface area contributed by atoms with E-state index in [4.69, 9.17) is 0 Å². The molecule has 1 aliphatic carbocycles. The normalized spacial score (nSPS) is 17.0. The van der Waals surface area contributed by atoms with Crippen LogP contribution in [0.4, 0.5) is 0 Å². The van der Waals surface area contributed by atoms with Gasteiger partial charge in [0.25, 0.3) is 0 Å². The Kier molecular flexibility index (Phi) is 3.08. The Hall–Kier alpha value is -0.600. The molecule has 0 fully saturated rings. The van der Waals surface area contributed by atoms with Crippen LogP contribution in [0.1, 0.15) is 76.3 Å². The van der Waals surface area contributed by atoms with Crippen LogP contribution >= 0.6 is 22.7 Å². The zero-order chi connectivity index (χ0) is 15.8. The molecule has 0 nitrogen and oxygen atoms in total. The molecule has 2 aromatic heterocycles. The van der Waals surface area contributed by atoms with Crippen molar-refractivity contribution >= 4 is 22.7 Å². The van der Waals surface area contributed by atoms with E-state index < -0.39 is 0 Å². The van der Waals surface area contributed by atoms with Gasteiger partial charge in [0.1, 0.15) is 0 Å². The van der Waals surface area contributed by atoms with Crippen LogP contribution in [0.25, 0.3) is 9.75 Å². The first kappa shape index (κ1) is 15.3. The van der Waals surface area contributed by atoms with E-state index in [9.17, 15) is 0 Å². The zero-order valence-electron chi connectivity index (χ0n) is 14.5. The van der Waals surface area contributed by atoms with E-state index in [-0.39, 0.29) is 16.2 Å². The summed E-state index contributed by atoms with van der Waals surface area (Å²) < 4.78 is 0.